The van der Waals surface area contributed by atoms with Crippen LogP contribution in [0.25, 0.3) is 10.4 Å². The van der Waals surface area contributed by atoms with Crippen LogP contribution in [0, 0.1) is 6.92 Å². The molecule has 0 amide bonds. The number of hydrogen-bond acceptors (Lipinski definition) is 4. The van der Waals surface area contributed by atoms with Crippen LogP contribution in [0.3, 0.4) is 0 Å². The summed E-state index contributed by atoms with van der Waals surface area (Å²) in [6, 6.07) is 7.31. The van der Waals surface area contributed by atoms with Gasteiger partial charge in [-0.1, -0.05) is 22.8 Å². The third-order valence-electron chi connectivity index (χ3n) is 2.03. The van der Waals surface area contributed by atoms with Gasteiger partial charge in [0.05, 0.1) is 24.7 Å². The number of azide groups is 1. The second kappa shape index (κ2) is 8.66. The van der Waals surface area contributed by atoms with Gasteiger partial charge >= 0.3 is 0 Å². The molecule has 98 valence electrons. The minimum atomic E-state index is -1.46. The van der Waals surface area contributed by atoms with E-state index in [9.17, 15) is 4.21 Å². The van der Waals surface area contributed by atoms with Crippen LogP contribution in [-0.2, 0) is 20.0 Å². The van der Waals surface area contributed by atoms with Crippen molar-refractivity contribution in [3.05, 3.63) is 40.3 Å². The van der Waals surface area contributed by atoms with E-state index in [4.69, 9.17) is 14.5 Å². The van der Waals surface area contributed by atoms with E-state index in [1.807, 2.05) is 19.1 Å². The zero-order chi connectivity index (χ0) is 13.2. The van der Waals surface area contributed by atoms with Crippen LogP contribution in [-0.4, -0.2) is 30.6 Å². The lowest BCUT2D eigenvalue weighted by Crippen LogP contribution is -2.08. The Morgan fingerprint density at radius 3 is 2.67 bits per heavy atom. The Labute approximate surface area is 108 Å². The minimum absolute atomic E-state index is 0.233. The van der Waals surface area contributed by atoms with Crippen molar-refractivity contribution in [1.29, 1.82) is 0 Å². The lowest BCUT2D eigenvalue weighted by atomic mass is 10.2. The van der Waals surface area contributed by atoms with E-state index < -0.39 is 11.1 Å². The highest BCUT2D eigenvalue weighted by Crippen LogP contribution is 2.08. The maximum absolute atomic E-state index is 11.7. The molecule has 18 heavy (non-hydrogen) atoms. The van der Waals surface area contributed by atoms with Gasteiger partial charge in [0.25, 0.3) is 0 Å². The number of ether oxygens (including phenoxy) is 1. The van der Waals surface area contributed by atoms with Gasteiger partial charge in [0.1, 0.15) is 0 Å². The second-order valence-electron chi connectivity index (χ2n) is 3.44. The lowest BCUT2D eigenvalue weighted by Gasteiger charge is -2.04. The smallest absolute Gasteiger partial charge is 0.189 e. The molecule has 0 aromatic heterocycles. The van der Waals surface area contributed by atoms with Crippen molar-refractivity contribution in [2.24, 2.45) is 5.11 Å². The second-order valence-corrected chi connectivity index (χ2v) is 4.61. The Hall–Kier alpha value is -1.40. The molecule has 1 unspecified atom stereocenters. The van der Waals surface area contributed by atoms with E-state index in [2.05, 4.69) is 10.0 Å². The number of hydrogen-bond donors (Lipinski definition) is 0. The highest BCUT2D eigenvalue weighted by Gasteiger charge is 2.03. The first-order valence-corrected chi connectivity index (χ1v) is 6.52. The molecule has 1 aromatic carbocycles. The molecule has 0 saturated heterocycles. The van der Waals surface area contributed by atoms with Gasteiger partial charge in [-0.25, -0.2) is 4.21 Å². The van der Waals surface area contributed by atoms with Gasteiger partial charge in [-0.05, 0) is 24.6 Å². The van der Waals surface area contributed by atoms with E-state index >= 15 is 0 Å². The first-order valence-electron chi connectivity index (χ1n) is 5.44. The molecule has 1 rings (SSSR count). The molecule has 7 heteroatoms. The van der Waals surface area contributed by atoms with Crippen molar-refractivity contribution in [2.75, 3.05) is 26.4 Å². The molecule has 1 atom stereocenters. The largest absolute Gasteiger partial charge is 0.379 e. The van der Waals surface area contributed by atoms with Crippen LogP contribution in [0.5, 0.6) is 0 Å². The summed E-state index contributed by atoms with van der Waals surface area (Å²) < 4.78 is 21.9. The maximum Gasteiger partial charge on any atom is 0.189 e. The van der Waals surface area contributed by atoms with Crippen LogP contribution >= 0.6 is 0 Å². The first-order chi connectivity index (χ1) is 8.74. The number of rotatable bonds is 8. The lowest BCUT2D eigenvalue weighted by molar-refractivity contribution is 0.110. The van der Waals surface area contributed by atoms with Crippen LogP contribution < -0.4 is 0 Å². The van der Waals surface area contributed by atoms with Gasteiger partial charge < -0.3 is 4.74 Å². The molecule has 0 radical (unpaired) electrons. The average Bonchev–Trinajstić information content (AvgIpc) is 2.38. The minimum Gasteiger partial charge on any atom is -0.379 e. The van der Waals surface area contributed by atoms with Gasteiger partial charge in [0, 0.05) is 11.5 Å². The van der Waals surface area contributed by atoms with Gasteiger partial charge in [-0.2, -0.15) is 0 Å². The van der Waals surface area contributed by atoms with Crippen molar-refractivity contribution in [3.63, 3.8) is 0 Å². The van der Waals surface area contributed by atoms with Crippen LogP contribution in [0.15, 0.2) is 34.3 Å². The highest BCUT2D eigenvalue weighted by molar-refractivity contribution is 7.80. The fraction of sp³-hybridized carbons (Fsp3) is 0.455. The van der Waals surface area contributed by atoms with Crippen molar-refractivity contribution >= 4 is 11.1 Å². The van der Waals surface area contributed by atoms with E-state index in [0.717, 1.165) is 5.56 Å². The van der Waals surface area contributed by atoms with Crippen LogP contribution in [0.2, 0.25) is 0 Å². The fourth-order valence-electron chi connectivity index (χ4n) is 1.14. The van der Waals surface area contributed by atoms with E-state index in [0.29, 0.717) is 18.1 Å². The molecule has 0 aliphatic carbocycles. The van der Waals surface area contributed by atoms with Crippen molar-refractivity contribution in [3.8, 4) is 0 Å². The maximum atomic E-state index is 11.7. The third kappa shape index (κ3) is 5.79. The van der Waals surface area contributed by atoms with Crippen LogP contribution in [0.4, 0.5) is 0 Å². The molecule has 0 saturated carbocycles. The Morgan fingerprint density at radius 1 is 1.28 bits per heavy atom. The van der Waals surface area contributed by atoms with E-state index in [1.54, 1.807) is 12.1 Å². The molecule has 0 fully saturated rings. The summed E-state index contributed by atoms with van der Waals surface area (Å²) in [6.45, 7) is 3.14. The van der Waals surface area contributed by atoms with Gasteiger partial charge in [-0.3, -0.25) is 4.18 Å². The normalized spacial score (nSPS) is 11.8. The Bertz CT molecular complexity index is 430. The summed E-state index contributed by atoms with van der Waals surface area (Å²) in [5.41, 5.74) is 9.13. The summed E-state index contributed by atoms with van der Waals surface area (Å²) in [5.74, 6) is 0. The van der Waals surface area contributed by atoms with Gasteiger partial charge in [0.2, 0.25) is 0 Å². The number of benzene rings is 1. The first kappa shape index (κ1) is 14.7. The summed E-state index contributed by atoms with van der Waals surface area (Å²) >= 11 is -1.46. The molecule has 0 spiro atoms. The zero-order valence-corrected chi connectivity index (χ0v) is 10.9. The molecule has 0 aliphatic rings. The summed E-state index contributed by atoms with van der Waals surface area (Å²) in [6.07, 6.45) is 0. The summed E-state index contributed by atoms with van der Waals surface area (Å²) in [7, 11) is 0. The standard InChI is InChI=1S/C11H15N3O3S/c1-10-2-4-11(5-3-10)18(15)17-9-8-16-7-6-13-14-12/h2-5H,6-9H2,1H3. The van der Waals surface area contributed by atoms with Crippen molar-refractivity contribution in [2.45, 2.75) is 11.8 Å². The Balaban J connectivity index is 2.17. The van der Waals surface area contributed by atoms with Crippen molar-refractivity contribution < 1.29 is 13.1 Å². The third-order valence-corrected chi connectivity index (χ3v) is 3.07. The highest BCUT2D eigenvalue weighted by atomic mass is 32.2. The molecule has 6 nitrogen and oxygen atoms in total. The SMILES string of the molecule is Cc1ccc(S(=O)OCCOCCN=[N+]=[N-])cc1. The van der Waals surface area contributed by atoms with Gasteiger partial charge in [0.15, 0.2) is 11.1 Å². The monoisotopic (exact) mass is 269 g/mol. The molecular formula is C11H15N3O3S. The predicted octanol–water partition coefficient (Wildman–Crippen LogP) is 2.36. The summed E-state index contributed by atoms with van der Waals surface area (Å²) in [5, 5.41) is 3.32. The zero-order valence-electron chi connectivity index (χ0n) is 10.1. The molecule has 0 bridgehead atoms. The predicted molar refractivity (Wildman–Crippen MR) is 68.4 cm³/mol. The molecule has 1 aromatic rings. The fourth-order valence-corrected chi connectivity index (χ4v) is 1.85. The van der Waals surface area contributed by atoms with E-state index in [1.165, 1.54) is 0 Å². The quantitative estimate of drug-likeness (QED) is 0.314. The Kier molecular flexibility index (Phi) is 7.05. The van der Waals surface area contributed by atoms with Crippen molar-refractivity contribution in [1.82, 2.24) is 0 Å². The van der Waals surface area contributed by atoms with Crippen LogP contribution in [0.1, 0.15) is 5.56 Å². The Morgan fingerprint density at radius 2 is 2.00 bits per heavy atom. The average molecular weight is 269 g/mol. The van der Waals surface area contributed by atoms with Gasteiger partial charge in [-0.15, -0.1) is 0 Å². The molecule has 0 aliphatic heterocycles. The molecule has 0 heterocycles. The topological polar surface area (TPSA) is 84.3 Å². The number of aryl methyl sites for hydroxylation is 1. The molecular weight excluding hydrogens is 254 g/mol. The van der Waals surface area contributed by atoms with E-state index in [-0.39, 0.29) is 13.2 Å². The summed E-state index contributed by atoms with van der Waals surface area (Å²) in [4.78, 5) is 3.23. The number of nitrogens with zero attached hydrogens (tertiary/aromatic N) is 3. The molecule has 0 N–H and O–H groups in total.